The van der Waals surface area contributed by atoms with Crippen LogP contribution in [0.4, 0.5) is 0 Å². The predicted molar refractivity (Wildman–Crippen MR) is 151 cm³/mol. The van der Waals surface area contributed by atoms with Crippen LogP contribution in [0.2, 0.25) is 0 Å². The summed E-state index contributed by atoms with van der Waals surface area (Å²) in [6.45, 7) is 10.8. The van der Waals surface area contributed by atoms with E-state index < -0.39 is 0 Å². The quantitative estimate of drug-likeness (QED) is 0.267. The number of hydrogen-bond donors (Lipinski definition) is 1. The van der Waals surface area contributed by atoms with Crippen LogP contribution in [-0.4, -0.2) is 34.5 Å². The second kappa shape index (κ2) is 9.93. The maximum Gasteiger partial charge on any atom is 0.158 e. The minimum absolute atomic E-state index is 0.341. The summed E-state index contributed by atoms with van der Waals surface area (Å²) in [5.74, 6) is 1.64. The topological polar surface area (TPSA) is 84.7 Å². The van der Waals surface area contributed by atoms with Gasteiger partial charge in [-0.05, 0) is 94.4 Å². The predicted octanol–water partition coefficient (Wildman–Crippen LogP) is 7.02. The number of nitrogens with zero attached hydrogens (tertiary/aromatic N) is 6. The molecule has 5 heterocycles. The lowest BCUT2D eigenvalue weighted by molar-refractivity contribution is 0.307. The third-order valence-electron chi connectivity index (χ3n) is 8.58. The highest BCUT2D eigenvalue weighted by Gasteiger charge is 2.26. The SMILES string of the molecule is Cc1cnc(CCC2CCC(c3ccc4[nH]c(-c5cn6ncnc6c(C)c5C)c(C(C)C)c4n3)CC2)cn1. The third kappa shape index (κ3) is 4.48. The molecule has 5 aromatic heterocycles. The minimum Gasteiger partial charge on any atom is -0.353 e. The van der Waals surface area contributed by atoms with Gasteiger partial charge in [0.05, 0.1) is 28.1 Å². The Balaban J connectivity index is 1.25. The van der Waals surface area contributed by atoms with E-state index >= 15 is 0 Å². The number of hydrogen-bond acceptors (Lipinski definition) is 5. The molecule has 0 unspecified atom stereocenters. The molecule has 38 heavy (non-hydrogen) atoms. The first kappa shape index (κ1) is 24.7. The second-order valence-electron chi connectivity index (χ2n) is 11.4. The zero-order valence-corrected chi connectivity index (χ0v) is 23.1. The first-order valence-electron chi connectivity index (χ1n) is 14.0. The van der Waals surface area contributed by atoms with Gasteiger partial charge in [0.25, 0.3) is 0 Å². The van der Waals surface area contributed by atoms with E-state index in [2.05, 4.69) is 71.1 Å². The molecule has 0 atom stereocenters. The van der Waals surface area contributed by atoms with E-state index in [4.69, 9.17) is 4.98 Å². The molecule has 0 aromatic carbocycles. The molecule has 6 rings (SSSR count). The van der Waals surface area contributed by atoms with E-state index in [9.17, 15) is 0 Å². The van der Waals surface area contributed by atoms with Crippen LogP contribution in [0.15, 0.2) is 37.1 Å². The molecule has 0 amide bonds. The standard InChI is InChI=1S/C31H37N7/c1-18(2)28-29(25-16-38-31(34-17-35-38)21(5)20(25)4)37-27-13-12-26(36-30(27)28)23-9-6-22(7-10-23)8-11-24-15-32-19(3)14-33-24/h12-18,22-23,37H,6-11H2,1-5H3. The van der Waals surface area contributed by atoms with Gasteiger partial charge >= 0.3 is 0 Å². The Morgan fingerprint density at radius 2 is 1.79 bits per heavy atom. The zero-order chi connectivity index (χ0) is 26.4. The molecule has 196 valence electrons. The van der Waals surface area contributed by atoms with E-state index in [1.54, 1.807) is 6.33 Å². The maximum absolute atomic E-state index is 5.31. The van der Waals surface area contributed by atoms with Crippen molar-refractivity contribution < 1.29 is 0 Å². The maximum atomic E-state index is 5.31. The fourth-order valence-corrected chi connectivity index (χ4v) is 6.20. The highest BCUT2D eigenvalue weighted by Crippen LogP contribution is 2.40. The second-order valence-corrected chi connectivity index (χ2v) is 11.4. The molecule has 0 aliphatic heterocycles. The molecule has 1 aliphatic carbocycles. The van der Waals surface area contributed by atoms with Gasteiger partial charge in [-0.15, -0.1) is 0 Å². The van der Waals surface area contributed by atoms with Crippen molar-refractivity contribution >= 4 is 16.7 Å². The highest BCUT2D eigenvalue weighted by molar-refractivity contribution is 5.89. The molecule has 0 radical (unpaired) electrons. The van der Waals surface area contributed by atoms with Gasteiger partial charge in [0.2, 0.25) is 0 Å². The lowest BCUT2D eigenvalue weighted by Crippen LogP contribution is -2.15. The van der Waals surface area contributed by atoms with Crippen LogP contribution in [0.25, 0.3) is 27.9 Å². The van der Waals surface area contributed by atoms with Crippen LogP contribution in [-0.2, 0) is 6.42 Å². The van der Waals surface area contributed by atoms with Crippen molar-refractivity contribution in [3.8, 4) is 11.3 Å². The van der Waals surface area contributed by atoms with Crippen molar-refractivity contribution in [2.24, 2.45) is 5.92 Å². The molecule has 0 bridgehead atoms. The van der Waals surface area contributed by atoms with Crippen molar-refractivity contribution in [3.05, 3.63) is 70.8 Å². The summed E-state index contributed by atoms with van der Waals surface area (Å²) in [4.78, 5) is 22.4. The highest BCUT2D eigenvalue weighted by atomic mass is 15.3. The van der Waals surface area contributed by atoms with Crippen LogP contribution in [0, 0.1) is 26.7 Å². The van der Waals surface area contributed by atoms with Gasteiger partial charge < -0.3 is 4.98 Å². The third-order valence-corrected chi connectivity index (χ3v) is 8.58. The van der Waals surface area contributed by atoms with Crippen LogP contribution < -0.4 is 0 Å². The van der Waals surface area contributed by atoms with Crippen LogP contribution >= 0.6 is 0 Å². The number of rotatable bonds is 6. The first-order chi connectivity index (χ1) is 18.4. The van der Waals surface area contributed by atoms with E-state index in [0.717, 1.165) is 51.7 Å². The summed E-state index contributed by atoms with van der Waals surface area (Å²) in [6, 6.07) is 4.49. The zero-order valence-electron chi connectivity index (χ0n) is 23.1. The van der Waals surface area contributed by atoms with E-state index in [1.807, 2.05) is 23.8 Å². The summed E-state index contributed by atoms with van der Waals surface area (Å²) in [7, 11) is 0. The summed E-state index contributed by atoms with van der Waals surface area (Å²) in [6.07, 6.45) is 14.7. The van der Waals surface area contributed by atoms with Crippen molar-refractivity contribution in [3.63, 3.8) is 0 Å². The number of pyridine rings is 2. The van der Waals surface area contributed by atoms with Crippen molar-refractivity contribution in [1.29, 1.82) is 0 Å². The molecule has 0 spiro atoms. The van der Waals surface area contributed by atoms with Crippen LogP contribution in [0.5, 0.6) is 0 Å². The van der Waals surface area contributed by atoms with Gasteiger partial charge in [0, 0.05) is 41.3 Å². The Kier molecular flexibility index (Phi) is 6.46. The molecule has 0 saturated heterocycles. The molecule has 7 nitrogen and oxygen atoms in total. The van der Waals surface area contributed by atoms with E-state index in [1.165, 1.54) is 54.5 Å². The molecule has 1 N–H and O–H groups in total. The molecular weight excluding hydrogens is 470 g/mol. The molecule has 1 fully saturated rings. The van der Waals surface area contributed by atoms with Crippen molar-refractivity contribution in [2.45, 2.75) is 85.0 Å². The Hall–Kier alpha value is -3.61. The smallest absolute Gasteiger partial charge is 0.158 e. The van der Waals surface area contributed by atoms with Crippen molar-refractivity contribution in [2.75, 3.05) is 0 Å². The summed E-state index contributed by atoms with van der Waals surface area (Å²) < 4.78 is 1.88. The number of fused-ring (bicyclic) bond motifs is 2. The van der Waals surface area contributed by atoms with Gasteiger partial charge in [-0.1, -0.05) is 13.8 Å². The van der Waals surface area contributed by atoms with Crippen LogP contribution in [0.3, 0.4) is 0 Å². The van der Waals surface area contributed by atoms with Gasteiger partial charge in [-0.2, -0.15) is 5.10 Å². The van der Waals surface area contributed by atoms with E-state index in [-0.39, 0.29) is 0 Å². The van der Waals surface area contributed by atoms with Crippen molar-refractivity contribution in [1.82, 2.24) is 34.5 Å². The Bertz CT molecular complexity index is 1580. The van der Waals surface area contributed by atoms with Gasteiger partial charge in [0.15, 0.2) is 5.65 Å². The molecule has 1 saturated carbocycles. The lowest BCUT2D eigenvalue weighted by Gasteiger charge is -2.28. The Morgan fingerprint density at radius 1 is 0.974 bits per heavy atom. The number of aromatic nitrogens is 7. The average molecular weight is 508 g/mol. The Morgan fingerprint density at radius 3 is 2.53 bits per heavy atom. The first-order valence-corrected chi connectivity index (χ1v) is 14.0. The number of aryl methyl sites for hydroxylation is 3. The van der Waals surface area contributed by atoms with Gasteiger partial charge in [-0.25, -0.2) is 9.50 Å². The Labute approximate surface area is 224 Å². The van der Waals surface area contributed by atoms with Gasteiger partial charge in [0.1, 0.15) is 6.33 Å². The molecule has 5 aromatic rings. The number of nitrogens with one attached hydrogen (secondary N) is 1. The monoisotopic (exact) mass is 507 g/mol. The molecule has 1 aliphatic rings. The largest absolute Gasteiger partial charge is 0.353 e. The number of aromatic amines is 1. The molecular formula is C31H37N7. The average Bonchev–Trinajstić information content (AvgIpc) is 3.55. The van der Waals surface area contributed by atoms with Crippen LogP contribution in [0.1, 0.15) is 91.6 Å². The van der Waals surface area contributed by atoms with E-state index in [0.29, 0.717) is 11.8 Å². The summed E-state index contributed by atoms with van der Waals surface area (Å²) in [5.41, 5.74) is 12.5. The fourth-order valence-electron chi connectivity index (χ4n) is 6.20. The minimum atomic E-state index is 0.341. The number of H-pyrrole nitrogens is 1. The summed E-state index contributed by atoms with van der Waals surface area (Å²) in [5, 5.41) is 4.42. The lowest BCUT2D eigenvalue weighted by atomic mass is 9.78. The summed E-state index contributed by atoms with van der Waals surface area (Å²) >= 11 is 0. The fraction of sp³-hybridized carbons (Fsp3) is 0.452. The normalized spacial score (nSPS) is 18.2. The molecule has 7 heteroatoms. The van der Waals surface area contributed by atoms with Gasteiger partial charge in [-0.3, -0.25) is 15.0 Å².